The Labute approximate surface area is 191 Å². The summed E-state index contributed by atoms with van der Waals surface area (Å²) in [7, 11) is -4.07. The Morgan fingerprint density at radius 3 is 2.34 bits per heavy atom. The number of primary sulfonamides is 1. The lowest BCUT2D eigenvalue weighted by Gasteiger charge is -2.19. The number of ether oxygens (including phenoxy) is 1. The van der Waals surface area contributed by atoms with Gasteiger partial charge in [-0.15, -0.1) is 0 Å². The highest BCUT2D eigenvalue weighted by Crippen LogP contribution is 2.26. The average molecular weight is 473 g/mol. The fraction of sp³-hybridized carbons (Fsp3) is 0.130. The predicted octanol–water partition coefficient (Wildman–Crippen LogP) is 4.14. The number of amides is 1. The van der Waals surface area contributed by atoms with Gasteiger partial charge in [0.1, 0.15) is 0 Å². The van der Waals surface area contributed by atoms with E-state index in [4.69, 9.17) is 21.5 Å². The largest absolute Gasteiger partial charge is 0.444 e. The fourth-order valence-electron chi connectivity index (χ4n) is 2.98. The van der Waals surface area contributed by atoms with Crippen LogP contribution in [0, 0.1) is 13.8 Å². The van der Waals surface area contributed by atoms with E-state index < -0.39 is 28.0 Å². The molecule has 0 spiro atoms. The first-order valence-electron chi connectivity index (χ1n) is 9.52. The van der Waals surface area contributed by atoms with Crippen molar-refractivity contribution in [1.29, 1.82) is 0 Å². The summed E-state index contributed by atoms with van der Waals surface area (Å²) in [5.74, 6) is -1.54. The van der Waals surface area contributed by atoms with Gasteiger partial charge in [0.25, 0.3) is 5.91 Å². The first-order chi connectivity index (χ1) is 15.1. The molecule has 0 aliphatic heterocycles. The number of hydrogen-bond donors (Lipinski definition) is 2. The molecule has 32 heavy (non-hydrogen) atoms. The van der Waals surface area contributed by atoms with E-state index in [0.717, 1.165) is 17.2 Å². The molecule has 0 aromatic heterocycles. The number of halogens is 1. The van der Waals surface area contributed by atoms with Crippen molar-refractivity contribution < 1.29 is 22.7 Å². The number of benzene rings is 3. The number of aryl methyl sites for hydroxylation is 2. The Kier molecular flexibility index (Phi) is 6.98. The molecule has 1 amide bonds. The van der Waals surface area contributed by atoms with Crippen molar-refractivity contribution in [2.45, 2.75) is 24.8 Å². The summed E-state index contributed by atoms with van der Waals surface area (Å²) < 4.78 is 28.8. The van der Waals surface area contributed by atoms with E-state index in [1.165, 1.54) is 12.1 Å². The number of carbonyl (C=O) groups excluding carboxylic acids is 2. The van der Waals surface area contributed by atoms with Gasteiger partial charge in [-0.2, -0.15) is 0 Å². The van der Waals surface area contributed by atoms with Gasteiger partial charge < -0.3 is 10.1 Å². The van der Waals surface area contributed by atoms with Crippen LogP contribution in [-0.2, 0) is 19.6 Å². The molecule has 3 aromatic rings. The van der Waals surface area contributed by atoms with Crippen LogP contribution >= 0.6 is 11.6 Å². The van der Waals surface area contributed by atoms with E-state index in [1.54, 1.807) is 30.3 Å². The zero-order chi connectivity index (χ0) is 23.5. The van der Waals surface area contributed by atoms with Crippen LogP contribution in [-0.4, -0.2) is 20.3 Å². The van der Waals surface area contributed by atoms with Gasteiger partial charge in [-0.05, 0) is 49.2 Å². The maximum absolute atomic E-state index is 13.1. The number of sulfonamides is 1. The predicted molar refractivity (Wildman–Crippen MR) is 122 cm³/mol. The molecule has 0 aliphatic rings. The molecular formula is C23H21ClN2O5S. The zero-order valence-corrected chi connectivity index (χ0v) is 18.9. The summed E-state index contributed by atoms with van der Waals surface area (Å²) in [6.07, 6.45) is -1.31. The van der Waals surface area contributed by atoms with Crippen molar-refractivity contribution in [3.63, 3.8) is 0 Å². The number of hydrogen-bond acceptors (Lipinski definition) is 5. The minimum absolute atomic E-state index is 0.0378. The smallest absolute Gasteiger partial charge is 0.340 e. The molecule has 0 radical (unpaired) electrons. The SMILES string of the molecule is Cc1ccc(C)c(NC(=O)C(OC(=O)c2cc(S(N)(=O)=O)ccc2Cl)c2ccccc2)c1. The van der Waals surface area contributed by atoms with E-state index in [2.05, 4.69) is 5.32 Å². The molecule has 0 saturated carbocycles. The van der Waals surface area contributed by atoms with E-state index in [-0.39, 0.29) is 15.5 Å². The van der Waals surface area contributed by atoms with Gasteiger partial charge in [0.2, 0.25) is 16.1 Å². The molecule has 1 atom stereocenters. The number of carbonyl (C=O) groups is 2. The van der Waals surface area contributed by atoms with Gasteiger partial charge in [-0.3, -0.25) is 4.79 Å². The second kappa shape index (κ2) is 9.52. The van der Waals surface area contributed by atoms with Crippen molar-refractivity contribution in [2.24, 2.45) is 5.14 Å². The number of nitrogens with two attached hydrogens (primary N) is 1. The summed E-state index contributed by atoms with van der Waals surface area (Å²) >= 11 is 6.08. The second-order valence-corrected chi connectivity index (χ2v) is 9.16. The number of esters is 1. The standard InChI is InChI=1S/C23H21ClN2O5S/c1-14-8-9-15(2)20(12-14)26-22(27)21(16-6-4-3-5-7-16)31-23(28)18-13-17(32(25,29)30)10-11-19(18)24/h3-13,21H,1-2H3,(H,26,27)(H2,25,29,30). The molecule has 1 unspecified atom stereocenters. The van der Waals surface area contributed by atoms with Gasteiger partial charge in [0, 0.05) is 11.3 Å². The Bertz CT molecular complexity index is 1280. The average Bonchev–Trinajstić information content (AvgIpc) is 2.74. The maximum atomic E-state index is 13.1. The zero-order valence-electron chi connectivity index (χ0n) is 17.3. The molecule has 166 valence electrons. The lowest BCUT2D eigenvalue weighted by atomic mass is 10.1. The van der Waals surface area contributed by atoms with Crippen LogP contribution in [0.5, 0.6) is 0 Å². The number of rotatable bonds is 6. The maximum Gasteiger partial charge on any atom is 0.340 e. The first kappa shape index (κ1) is 23.5. The molecule has 0 fully saturated rings. The molecular weight excluding hydrogens is 452 g/mol. The Balaban J connectivity index is 1.95. The van der Waals surface area contributed by atoms with E-state index >= 15 is 0 Å². The highest BCUT2D eigenvalue weighted by atomic mass is 35.5. The fourth-order valence-corrected chi connectivity index (χ4v) is 3.71. The third kappa shape index (κ3) is 5.53. The van der Waals surface area contributed by atoms with Gasteiger partial charge >= 0.3 is 5.97 Å². The Morgan fingerprint density at radius 2 is 1.69 bits per heavy atom. The number of anilines is 1. The van der Waals surface area contributed by atoms with Crippen molar-refractivity contribution >= 4 is 39.2 Å². The summed E-state index contributed by atoms with van der Waals surface area (Å²) in [4.78, 5) is 25.7. The van der Waals surface area contributed by atoms with Crippen LogP contribution in [0.1, 0.15) is 33.2 Å². The summed E-state index contributed by atoms with van der Waals surface area (Å²) in [6.45, 7) is 3.74. The van der Waals surface area contributed by atoms with Crippen molar-refractivity contribution in [1.82, 2.24) is 0 Å². The molecule has 0 aliphatic carbocycles. The highest BCUT2D eigenvalue weighted by molar-refractivity contribution is 7.89. The van der Waals surface area contributed by atoms with Gasteiger partial charge in [-0.1, -0.05) is 54.1 Å². The summed E-state index contributed by atoms with van der Waals surface area (Å²) in [5, 5.41) is 7.90. The Hall–Kier alpha value is -3.20. The van der Waals surface area contributed by atoms with Gasteiger partial charge in [0.05, 0.1) is 15.5 Å². The summed E-state index contributed by atoms with van der Waals surface area (Å²) in [5.41, 5.74) is 2.58. The lowest BCUT2D eigenvalue weighted by molar-refractivity contribution is -0.125. The first-order valence-corrected chi connectivity index (χ1v) is 11.4. The molecule has 9 heteroatoms. The Morgan fingerprint density at radius 1 is 1.00 bits per heavy atom. The number of nitrogens with one attached hydrogen (secondary N) is 1. The molecule has 0 heterocycles. The third-order valence-corrected chi connectivity index (χ3v) is 5.94. The summed E-state index contributed by atoms with van der Waals surface area (Å²) in [6, 6.07) is 17.5. The van der Waals surface area contributed by atoms with Crippen LogP contribution in [0.2, 0.25) is 5.02 Å². The second-order valence-electron chi connectivity index (χ2n) is 7.19. The van der Waals surface area contributed by atoms with E-state index in [0.29, 0.717) is 11.3 Å². The van der Waals surface area contributed by atoms with E-state index in [1.807, 2.05) is 32.0 Å². The van der Waals surface area contributed by atoms with Crippen molar-refractivity contribution in [2.75, 3.05) is 5.32 Å². The quantitative estimate of drug-likeness (QED) is 0.523. The van der Waals surface area contributed by atoms with Gasteiger partial charge in [-0.25, -0.2) is 18.4 Å². The van der Waals surface area contributed by atoms with Crippen molar-refractivity contribution in [3.8, 4) is 0 Å². The van der Waals surface area contributed by atoms with Crippen LogP contribution in [0.3, 0.4) is 0 Å². The molecule has 0 bridgehead atoms. The lowest BCUT2D eigenvalue weighted by Crippen LogP contribution is -2.26. The van der Waals surface area contributed by atoms with Crippen LogP contribution in [0.4, 0.5) is 5.69 Å². The molecule has 7 nitrogen and oxygen atoms in total. The van der Waals surface area contributed by atoms with Crippen LogP contribution in [0.15, 0.2) is 71.6 Å². The highest BCUT2D eigenvalue weighted by Gasteiger charge is 2.27. The molecule has 0 saturated heterocycles. The van der Waals surface area contributed by atoms with Crippen LogP contribution in [0.25, 0.3) is 0 Å². The van der Waals surface area contributed by atoms with Crippen molar-refractivity contribution in [3.05, 3.63) is 94.0 Å². The topological polar surface area (TPSA) is 116 Å². The third-order valence-electron chi connectivity index (χ3n) is 4.70. The normalized spacial score (nSPS) is 12.1. The molecule has 3 aromatic carbocycles. The monoisotopic (exact) mass is 472 g/mol. The minimum Gasteiger partial charge on any atom is -0.444 e. The minimum atomic E-state index is -4.07. The van der Waals surface area contributed by atoms with Crippen LogP contribution < -0.4 is 10.5 Å². The van der Waals surface area contributed by atoms with Gasteiger partial charge in [0.15, 0.2) is 0 Å². The molecule has 3 rings (SSSR count). The molecule has 3 N–H and O–H groups in total. The van der Waals surface area contributed by atoms with E-state index in [9.17, 15) is 18.0 Å².